The van der Waals surface area contributed by atoms with Crippen LogP contribution >= 0.6 is 0 Å². The maximum atomic E-state index is 10.4. The van der Waals surface area contributed by atoms with Gasteiger partial charge in [0.2, 0.25) is 5.91 Å². The van der Waals surface area contributed by atoms with Crippen molar-refractivity contribution in [2.24, 2.45) is 5.73 Å². The van der Waals surface area contributed by atoms with Gasteiger partial charge >= 0.3 is 0 Å². The number of rotatable bonds is 1. The first kappa shape index (κ1) is 6.51. The van der Waals surface area contributed by atoms with Crippen LogP contribution < -0.4 is 11.1 Å². The van der Waals surface area contributed by atoms with Gasteiger partial charge in [-0.3, -0.25) is 4.79 Å². The molecule has 1 atom stereocenters. The third kappa shape index (κ3) is 1.65. The molecule has 9 heavy (non-hydrogen) atoms. The highest BCUT2D eigenvalue weighted by Crippen LogP contribution is 1.92. The van der Waals surface area contributed by atoms with E-state index in [0.29, 0.717) is 13.1 Å². The van der Waals surface area contributed by atoms with E-state index in [4.69, 9.17) is 10.5 Å². The second-order valence-electron chi connectivity index (χ2n) is 1.97. The lowest BCUT2D eigenvalue weighted by Gasteiger charge is -2.21. The number of carbonyl (C=O) groups is 1. The highest BCUT2D eigenvalue weighted by molar-refractivity contribution is 5.77. The Labute approximate surface area is 53.4 Å². The van der Waals surface area contributed by atoms with E-state index in [1.807, 2.05) is 0 Å². The molecule has 0 aromatic rings. The Kier molecular flexibility index (Phi) is 2.02. The third-order valence-corrected chi connectivity index (χ3v) is 1.24. The molecule has 4 heteroatoms. The number of amides is 1. The van der Waals surface area contributed by atoms with E-state index >= 15 is 0 Å². The summed E-state index contributed by atoms with van der Waals surface area (Å²) in [6.07, 6.45) is 0.0164. The summed E-state index contributed by atoms with van der Waals surface area (Å²) < 4.78 is 5.00. The summed E-state index contributed by atoms with van der Waals surface area (Å²) >= 11 is 0. The molecule has 0 radical (unpaired) electrons. The van der Waals surface area contributed by atoms with Gasteiger partial charge in [0.1, 0.15) is 6.61 Å². The van der Waals surface area contributed by atoms with Crippen molar-refractivity contribution in [3.05, 3.63) is 0 Å². The smallest absolute Gasteiger partial charge is 0.246 e. The molecule has 1 rings (SSSR count). The maximum Gasteiger partial charge on any atom is 0.246 e. The van der Waals surface area contributed by atoms with E-state index in [1.165, 1.54) is 0 Å². The average Bonchev–Trinajstić information content (AvgIpc) is 1.90. The van der Waals surface area contributed by atoms with Crippen molar-refractivity contribution in [3.8, 4) is 0 Å². The lowest BCUT2D eigenvalue weighted by Crippen LogP contribution is -2.46. The van der Waals surface area contributed by atoms with Crippen molar-refractivity contribution in [2.45, 2.75) is 6.10 Å². The predicted octanol–water partition coefficient (Wildman–Crippen LogP) is -1.54. The van der Waals surface area contributed by atoms with Crippen molar-refractivity contribution in [1.82, 2.24) is 5.32 Å². The first-order chi connectivity index (χ1) is 4.33. The topological polar surface area (TPSA) is 64.3 Å². The summed E-state index contributed by atoms with van der Waals surface area (Å²) in [7, 11) is 0. The van der Waals surface area contributed by atoms with Gasteiger partial charge < -0.3 is 15.8 Å². The van der Waals surface area contributed by atoms with Crippen LogP contribution in [0.25, 0.3) is 0 Å². The minimum absolute atomic E-state index is 0.0164. The first-order valence-corrected chi connectivity index (χ1v) is 2.91. The lowest BCUT2D eigenvalue weighted by atomic mass is 10.3. The average molecular weight is 130 g/mol. The van der Waals surface area contributed by atoms with Crippen LogP contribution in [0.5, 0.6) is 0 Å². The fraction of sp³-hybridized carbons (Fsp3) is 0.800. The normalized spacial score (nSPS) is 27.7. The molecule has 0 bridgehead atoms. The fourth-order valence-electron chi connectivity index (χ4n) is 0.683. The molecule has 1 heterocycles. The SMILES string of the molecule is NC[C@H]1CNC(=O)CO1. The molecule has 3 N–H and O–H groups in total. The molecule has 52 valence electrons. The summed E-state index contributed by atoms with van der Waals surface area (Å²) in [4.78, 5) is 10.4. The van der Waals surface area contributed by atoms with Crippen LogP contribution in [0.15, 0.2) is 0 Å². The third-order valence-electron chi connectivity index (χ3n) is 1.24. The minimum Gasteiger partial charge on any atom is -0.365 e. The fourth-order valence-corrected chi connectivity index (χ4v) is 0.683. The molecule has 4 nitrogen and oxygen atoms in total. The molecule has 0 aromatic carbocycles. The summed E-state index contributed by atoms with van der Waals surface area (Å²) in [5.41, 5.74) is 5.27. The van der Waals surface area contributed by atoms with Crippen molar-refractivity contribution in [3.63, 3.8) is 0 Å². The van der Waals surface area contributed by atoms with E-state index in [1.54, 1.807) is 0 Å². The van der Waals surface area contributed by atoms with Gasteiger partial charge in [0.15, 0.2) is 0 Å². The second-order valence-corrected chi connectivity index (χ2v) is 1.97. The number of hydrogen-bond acceptors (Lipinski definition) is 3. The highest BCUT2D eigenvalue weighted by Gasteiger charge is 2.15. The molecule has 0 spiro atoms. The van der Waals surface area contributed by atoms with Gasteiger partial charge in [0.25, 0.3) is 0 Å². The van der Waals surface area contributed by atoms with Crippen LogP contribution in [0.2, 0.25) is 0 Å². The second kappa shape index (κ2) is 2.80. The van der Waals surface area contributed by atoms with E-state index in [2.05, 4.69) is 5.32 Å². The van der Waals surface area contributed by atoms with Gasteiger partial charge in [-0.15, -0.1) is 0 Å². The molecule has 1 aliphatic rings. The van der Waals surface area contributed by atoms with Crippen LogP contribution in [-0.2, 0) is 9.53 Å². The summed E-state index contributed by atoms with van der Waals surface area (Å²) in [5, 5.41) is 2.64. The van der Waals surface area contributed by atoms with Crippen LogP contribution in [0.3, 0.4) is 0 Å². The minimum atomic E-state index is -0.0558. The monoisotopic (exact) mass is 130 g/mol. The summed E-state index contributed by atoms with van der Waals surface area (Å²) in [6, 6.07) is 0. The summed E-state index contributed by atoms with van der Waals surface area (Å²) in [6.45, 7) is 1.18. The Bertz CT molecular complexity index is 106. The molecule has 1 saturated heterocycles. The standard InChI is InChI=1S/C5H10N2O2/c6-1-4-2-7-5(8)3-9-4/h4H,1-3,6H2,(H,7,8)/t4-/m0/s1. The van der Waals surface area contributed by atoms with Gasteiger partial charge in [0, 0.05) is 13.1 Å². The Morgan fingerprint density at radius 3 is 3.11 bits per heavy atom. The zero-order chi connectivity index (χ0) is 6.69. The molecular formula is C5H10N2O2. The largest absolute Gasteiger partial charge is 0.365 e. The van der Waals surface area contributed by atoms with Gasteiger partial charge in [-0.2, -0.15) is 0 Å². The van der Waals surface area contributed by atoms with E-state index in [0.717, 1.165) is 0 Å². The first-order valence-electron chi connectivity index (χ1n) is 2.91. The van der Waals surface area contributed by atoms with Crippen LogP contribution in [0.1, 0.15) is 0 Å². The van der Waals surface area contributed by atoms with Gasteiger partial charge in [-0.05, 0) is 0 Å². The molecule has 1 aliphatic heterocycles. The molecule has 1 amide bonds. The van der Waals surface area contributed by atoms with Crippen molar-refractivity contribution in [1.29, 1.82) is 0 Å². The molecule has 0 aliphatic carbocycles. The van der Waals surface area contributed by atoms with Gasteiger partial charge in [-0.1, -0.05) is 0 Å². The van der Waals surface area contributed by atoms with Crippen LogP contribution in [0, 0.1) is 0 Å². The Hall–Kier alpha value is -0.610. The van der Waals surface area contributed by atoms with Crippen LogP contribution in [0.4, 0.5) is 0 Å². The van der Waals surface area contributed by atoms with Crippen molar-refractivity contribution >= 4 is 5.91 Å². The van der Waals surface area contributed by atoms with Gasteiger partial charge in [-0.25, -0.2) is 0 Å². The zero-order valence-corrected chi connectivity index (χ0v) is 5.09. The lowest BCUT2D eigenvalue weighted by molar-refractivity contribution is -0.132. The number of hydrogen-bond donors (Lipinski definition) is 2. The highest BCUT2D eigenvalue weighted by atomic mass is 16.5. The van der Waals surface area contributed by atoms with E-state index in [9.17, 15) is 4.79 Å². The van der Waals surface area contributed by atoms with E-state index in [-0.39, 0.29) is 18.6 Å². The molecule has 0 unspecified atom stereocenters. The predicted molar refractivity (Wildman–Crippen MR) is 31.8 cm³/mol. The maximum absolute atomic E-state index is 10.4. The number of ether oxygens (including phenoxy) is 1. The number of nitrogens with one attached hydrogen (secondary N) is 1. The quantitative estimate of drug-likeness (QED) is 0.452. The van der Waals surface area contributed by atoms with Crippen molar-refractivity contribution < 1.29 is 9.53 Å². The van der Waals surface area contributed by atoms with Crippen molar-refractivity contribution in [2.75, 3.05) is 19.7 Å². The zero-order valence-electron chi connectivity index (χ0n) is 5.09. The van der Waals surface area contributed by atoms with E-state index < -0.39 is 0 Å². The summed E-state index contributed by atoms with van der Waals surface area (Å²) in [5.74, 6) is -0.0558. The Morgan fingerprint density at radius 1 is 1.89 bits per heavy atom. The number of morpholine rings is 1. The van der Waals surface area contributed by atoms with Gasteiger partial charge in [0.05, 0.1) is 6.10 Å². The molecule has 0 aromatic heterocycles. The Balaban J connectivity index is 2.26. The molecular weight excluding hydrogens is 120 g/mol. The molecule has 1 fully saturated rings. The number of nitrogens with two attached hydrogens (primary N) is 1. The van der Waals surface area contributed by atoms with Crippen LogP contribution in [-0.4, -0.2) is 31.7 Å². The molecule has 0 saturated carbocycles. The Morgan fingerprint density at radius 2 is 2.67 bits per heavy atom. The number of carbonyl (C=O) groups excluding carboxylic acids is 1.